The molecule has 0 bridgehead atoms. The fourth-order valence-electron chi connectivity index (χ4n) is 4.09. The van der Waals surface area contributed by atoms with Crippen LogP contribution in [0.15, 0.2) is 59.4 Å². The smallest absolute Gasteiger partial charge is 0.273 e. The third kappa shape index (κ3) is 2.95. The maximum Gasteiger partial charge on any atom is 0.273 e. The second-order valence-corrected chi connectivity index (χ2v) is 7.40. The molecule has 0 N–H and O–H groups in total. The number of hydrogen-bond acceptors (Lipinski definition) is 3. The van der Waals surface area contributed by atoms with Crippen molar-refractivity contribution in [1.82, 2.24) is 4.57 Å². The molecule has 3 aromatic rings. The average molecular weight is 368 g/mol. The molecule has 0 unspecified atom stereocenters. The topological polar surface area (TPSA) is 62.9 Å². The van der Waals surface area contributed by atoms with Crippen molar-refractivity contribution in [2.24, 2.45) is 0 Å². The fourth-order valence-corrected chi connectivity index (χ4v) is 4.09. The first kappa shape index (κ1) is 17.9. The van der Waals surface area contributed by atoms with Crippen LogP contribution < -0.4 is 5.56 Å². The van der Waals surface area contributed by atoms with Crippen LogP contribution in [-0.2, 0) is 6.42 Å². The molecule has 1 aliphatic carbocycles. The van der Waals surface area contributed by atoms with E-state index >= 15 is 0 Å². The summed E-state index contributed by atoms with van der Waals surface area (Å²) in [5.74, 6) is -0.00402. The second-order valence-electron chi connectivity index (χ2n) is 7.40. The van der Waals surface area contributed by atoms with Gasteiger partial charge in [0.15, 0.2) is 5.78 Å². The predicted octanol–water partition coefficient (Wildman–Crippen LogP) is 4.24. The minimum absolute atomic E-state index is 0.00485. The Balaban J connectivity index is 1.97. The van der Waals surface area contributed by atoms with Gasteiger partial charge in [0.25, 0.3) is 5.56 Å². The number of aromatic nitrogens is 1. The Hall–Kier alpha value is -3.45. The van der Waals surface area contributed by atoms with Crippen LogP contribution in [0.1, 0.15) is 50.6 Å². The number of pyridine rings is 1. The van der Waals surface area contributed by atoms with Gasteiger partial charge in [0.2, 0.25) is 0 Å². The maximum absolute atomic E-state index is 13.1. The number of nitrogens with zero attached hydrogens (tertiary/aromatic N) is 2. The van der Waals surface area contributed by atoms with E-state index in [2.05, 4.69) is 0 Å². The standard InChI is InChI=1S/C24H20N2O2/c1-15-8-9-21(16(2)10-15)26-22-12-18(17-6-4-3-5-7-17)13-23(27)20(22)11-19(14-25)24(26)28/h3-11,18H,12-13H2,1-2H3/t18-/m1/s1. The molecule has 0 radical (unpaired) electrons. The zero-order chi connectivity index (χ0) is 19.8. The van der Waals surface area contributed by atoms with E-state index in [1.807, 2.05) is 68.4 Å². The fraction of sp³-hybridized carbons (Fsp3) is 0.208. The van der Waals surface area contributed by atoms with Gasteiger partial charge in [-0.1, -0.05) is 48.0 Å². The summed E-state index contributed by atoms with van der Waals surface area (Å²) in [5.41, 5.74) is 4.67. The van der Waals surface area contributed by atoms with Gasteiger partial charge in [0.05, 0.1) is 5.69 Å². The number of carbonyl (C=O) groups excluding carboxylic acids is 1. The van der Waals surface area contributed by atoms with E-state index in [-0.39, 0.29) is 22.8 Å². The monoisotopic (exact) mass is 368 g/mol. The molecule has 4 rings (SSSR count). The molecule has 1 aromatic heterocycles. The lowest BCUT2D eigenvalue weighted by atomic mass is 9.81. The van der Waals surface area contributed by atoms with E-state index in [1.165, 1.54) is 6.07 Å². The van der Waals surface area contributed by atoms with Crippen molar-refractivity contribution in [2.75, 3.05) is 0 Å². The molecule has 4 heteroatoms. The van der Waals surface area contributed by atoms with Crippen LogP contribution >= 0.6 is 0 Å². The zero-order valence-electron chi connectivity index (χ0n) is 15.9. The van der Waals surface area contributed by atoms with Gasteiger partial charge < -0.3 is 0 Å². The zero-order valence-corrected chi connectivity index (χ0v) is 15.9. The van der Waals surface area contributed by atoms with Gasteiger partial charge in [0, 0.05) is 17.7 Å². The summed E-state index contributed by atoms with van der Waals surface area (Å²) in [4.78, 5) is 26.0. The molecule has 28 heavy (non-hydrogen) atoms. The Morgan fingerprint density at radius 3 is 2.43 bits per heavy atom. The molecule has 0 amide bonds. The molecular weight excluding hydrogens is 348 g/mol. The van der Waals surface area contributed by atoms with E-state index < -0.39 is 0 Å². The number of Topliss-reactive ketones (excluding diaryl/α,β-unsaturated/α-hetero) is 1. The predicted molar refractivity (Wildman–Crippen MR) is 108 cm³/mol. The van der Waals surface area contributed by atoms with Crippen molar-refractivity contribution >= 4 is 5.78 Å². The van der Waals surface area contributed by atoms with Crippen LogP contribution in [0.25, 0.3) is 5.69 Å². The van der Waals surface area contributed by atoms with Gasteiger partial charge in [-0.25, -0.2) is 0 Å². The molecule has 2 aromatic carbocycles. The third-order valence-electron chi connectivity index (χ3n) is 5.46. The van der Waals surface area contributed by atoms with Crippen LogP contribution in [0.3, 0.4) is 0 Å². The first-order valence-corrected chi connectivity index (χ1v) is 9.34. The van der Waals surface area contributed by atoms with Crippen molar-refractivity contribution in [3.8, 4) is 11.8 Å². The molecule has 0 fully saturated rings. The number of aryl methyl sites for hydroxylation is 2. The SMILES string of the molecule is Cc1ccc(-n2c3c(cc(C#N)c2=O)C(=O)C[C@H](c2ccccc2)C3)c(C)c1. The lowest BCUT2D eigenvalue weighted by molar-refractivity contribution is 0.0962. The average Bonchev–Trinajstić information content (AvgIpc) is 2.69. The Bertz CT molecular complexity index is 1180. The Labute approximate surface area is 163 Å². The van der Waals surface area contributed by atoms with Gasteiger partial charge in [-0.2, -0.15) is 5.26 Å². The summed E-state index contributed by atoms with van der Waals surface area (Å²) in [6, 6.07) is 19.2. The maximum atomic E-state index is 13.1. The van der Waals surface area contributed by atoms with Crippen molar-refractivity contribution in [2.45, 2.75) is 32.6 Å². The van der Waals surface area contributed by atoms with Crippen LogP contribution in [0.2, 0.25) is 0 Å². The van der Waals surface area contributed by atoms with Gasteiger partial charge in [-0.05, 0) is 49.4 Å². The highest BCUT2D eigenvalue weighted by atomic mass is 16.1. The molecule has 0 aliphatic heterocycles. The number of rotatable bonds is 2. The quantitative estimate of drug-likeness (QED) is 0.680. The van der Waals surface area contributed by atoms with Crippen molar-refractivity contribution in [3.63, 3.8) is 0 Å². The molecule has 1 atom stereocenters. The van der Waals surface area contributed by atoms with Crippen LogP contribution in [0.4, 0.5) is 0 Å². The summed E-state index contributed by atoms with van der Waals surface area (Å²) in [5, 5.41) is 9.45. The van der Waals surface area contributed by atoms with Crippen molar-refractivity contribution in [3.05, 3.63) is 98.5 Å². The van der Waals surface area contributed by atoms with Gasteiger partial charge in [-0.15, -0.1) is 0 Å². The number of ketones is 1. The van der Waals surface area contributed by atoms with E-state index in [0.717, 1.165) is 22.4 Å². The molecule has 0 saturated heterocycles. The van der Waals surface area contributed by atoms with Gasteiger partial charge in [-0.3, -0.25) is 14.2 Å². The minimum atomic E-state index is -0.366. The summed E-state index contributed by atoms with van der Waals surface area (Å²) in [7, 11) is 0. The number of hydrogen-bond donors (Lipinski definition) is 0. The van der Waals surface area contributed by atoms with Crippen molar-refractivity contribution < 1.29 is 4.79 Å². The van der Waals surface area contributed by atoms with Crippen molar-refractivity contribution in [1.29, 1.82) is 5.26 Å². The lowest BCUT2D eigenvalue weighted by Gasteiger charge is -2.27. The van der Waals surface area contributed by atoms with E-state index in [0.29, 0.717) is 24.1 Å². The van der Waals surface area contributed by atoms with Gasteiger partial charge >= 0.3 is 0 Å². The number of carbonyl (C=O) groups is 1. The normalized spacial score (nSPS) is 15.8. The van der Waals surface area contributed by atoms with E-state index in [1.54, 1.807) is 4.57 Å². The highest BCUT2D eigenvalue weighted by Crippen LogP contribution is 2.33. The molecule has 4 nitrogen and oxygen atoms in total. The summed E-state index contributed by atoms with van der Waals surface area (Å²) >= 11 is 0. The largest absolute Gasteiger partial charge is 0.294 e. The molecular formula is C24H20N2O2. The molecule has 0 spiro atoms. The second kappa shape index (κ2) is 6.94. The van der Waals surface area contributed by atoms with Crippen LogP contribution in [-0.4, -0.2) is 10.4 Å². The molecule has 0 saturated carbocycles. The van der Waals surface area contributed by atoms with E-state index in [4.69, 9.17) is 0 Å². The Kier molecular flexibility index (Phi) is 4.44. The first-order valence-electron chi connectivity index (χ1n) is 9.34. The number of fused-ring (bicyclic) bond motifs is 1. The molecule has 138 valence electrons. The first-order chi connectivity index (χ1) is 13.5. The highest BCUT2D eigenvalue weighted by Gasteiger charge is 2.30. The van der Waals surface area contributed by atoms with E-state index in [9.17, 15) is 14.9 Å². The molecule has 1 aliphatic rings. The Morgan fingerprint density at radius 2 is 1.75 bits per heavy atom. The molecule has 1 heterocycles. The summed E-state index contributed by atoms with van der Waals surface area (Å²) < 4.78 is 1.58. The lowest BCUT2D eigenvalue weighted by Crippen LogP contribution is -2.32. The Morgan fingerprint density at radius 1 is 1.00 bits per heavy atom. The minimum Gasteiger partial charge on any atom is -0.294 e. The third-order valence-corrected chi connectivity index (χ3v) is 5.46. The number of nitriles is 1. The summed E-state index contributed by atoms with van der Waals surface area (Å²) in [6.07, 6.45) is 0.965. The number of benzene rings is 2. The van der Waals surface area contributed by atoms with Crippen LogP contribution in [0.5, 0.6) is 0 Å². The van der Waals surface area contributed by atoms with Crippen LogP contribution in [0, 0.1) is 25.2 Å². The van der Waals surface area contributed by atoms with Gasteiger partial charge in [0.1, 0.15) is 11.6 Å². The summed E-state index contributed by atoms with van der Waals surface area (Å²) in [6.45, 7) is 3.94. The highest BCUT2D eigenvalue weighted by molar-refractivity contribution is 5.99.